The third-order valence-corrected chi connectivity index (χ3v) is 5.09. The Bertz CT molecular complexity index is 892. The fourth-order valence-corrected chi connectivity index (χ4v) is 3.42. The Kier molecular flexibility index (Phi) is 4.63. The molecule has 0 spiro atoms. The Morgan fingerprint density at radius 3 is 2.58 bits per heavy atom. The van der Waals surface area contributed by atoms with Crippen molar-refractivity contribution in [2.24, 2.45) is 0 Å². The maximum Gasteiger partial charge on any atom is 0.253 e. The summed E-state index contributed by atoms with van der Waals surface area (Å²) in [6.07, 6.45) is 1.97. The number of amides is 1. The Hall–Kier alpha value is -2.79. The van der Waals surface area contributed by atoms with Gasteiger partial charge in [0.1, 0.15) is 0 Å². The molecule has 2 aromatic carbocycles. The lowest BCUT2D eigenvalue weighted by atomic mass is 10.1. The second-order valence-corrected chi connectivity index (χ2v) is 6.88. The molecular formula is C21H24N4O. The number of benzene rings is 2. The molecule has 1 aromatic heterocycles. The Labute approximate surface area is 153 Å². The van der Waals surface area contributed by atoms with Gasteiger partial charge in [-0.25, -0.2) is 0 Å². The fourth-order valence-electron chi connectivity index (χ4n) is 3.42. The first-order chi connectivity index (χ1) is 12.7. The van der Waals surface area contributed by atoms with Crippen LogP contribution >= 0.6 is 0 Å². The summed E-state index contributed by atoms with van der Waals surface area (Å²) in [5, 5.41) is 4.69. The van der Waals surface area contributed by atoms with Crippen LogP contribution in [0.15, 0.2) is 54.7 Å². The van der Waals surface area contributed by atoms with Crippen molar-refractivity contribution in [1.82, 2.24) is 14.8 Å². The van der Waals surface area contributed by atoms with E-state index in [9.17, 15) is 4.79 Å². The van der Waals surface area contributed by atoms with E-state index in [0.29, 0.717) is 0 Å². The number of piperazine rings is 1. The molecule has 5 heteroatoms. The lowest BCUT2D eigenvalue weighted by molar-refractivity contribution is 0.0664. The van der Waals surface area contributed by atoms with Gasteiger partial charge in [0.2, 0.25) is 0 Å². The van der Waals surface area contributed by atoms with E-state index in [4.69, 9.17) is 0 Å². The van der Waals surface area contributed by atoms with Crippen LogP contribution in [0, 0.1) is 0 Å². The van der Waals surface area contributed by atoms with Crippen LogP contribution in [0.5, 0.6) is 0 Å². The van der Waals surface area contributed by atoms with Crippen molar-refractivity contribution in [3.8, 4) is 0 Å². The lowest BCUT2D eigenvalue weighted by Gasteiger charge is -2.32. The fraction of sp³-hybridized carbons (Fsp3) is 0.286. The van der Waals surface area contributed by atoms with Crippen LogP contribution in [-0.4, -0.2) is 53.9 Å². The van der Waals surface area contributed by atoms with Gasteiger partial charge in [-0.1, -0.05) is 12.1 Å². The standard InChI is InChI=1S/C21H24N4O/c1-24-11-13-25(14-12-24)21(26)16-5-7-18(8-6-16)23-15-17-3-2-4-20-19(17)9-10-22-20/h2-10,22-23H,11-15H2,1H3. The minimum absolute atomic E-state index is 0.127. The number of rotatable bonds is 4. The topological polar surface area (TPSA) is 51.4 Å². The molecule has 0 saturated carbocycles. The SMILES string of the molecule is CN1CCN(C(=O)c2ccc(NCc3cccc4[nH]ccc34)cc2)CC1. The Morgan fingerprint density at radius 2 is 1.81 bits per heavy atom. The summed E-state index contributed by atoms with van der Waals surface area (Å²) in [7, 11) is 2.09. The highest BCUT2D eigenvalue weighted by Gasteiger charge is 2.20. The molecule has 0 radical (unpaired) electrons. The van der Waals surface area contributed by atoms with Crippen molar-refractivity contribution in [3.05, 3.63) is 65.9 Å². The van der Waals surface area contributed by atoms with Crippen LogP contribution in [0.4, 0.5) is 5.69 Å². The molecule has 1 saturated heterocycles. The number of carbonyl (C=O) groups is 1. The van der Waals surface area contributed by atoms with Crippen molar-refractivity contribution >= 4 is 22.5 Å². The lowest BCUT2D eigenvalue weighted by Crippen LogP contribution is -2.47. The molecule has 0 bridgehead atoms. The number of nitrogens with zero attached hydrogens (tertiary/aromatic N) is 2. The molecule has 134 valence electrons. The second-order valence-electron chi connectivity index (χ2n) is 6.88. The van der Waals surface area contributed by atoms with Crippen LogP contribution in [0.2, 0.25) is 0 Å². The van der Waals surface area contributed by atoms with E-state index < -0.39 is 0 Å². The molecule has 4 rings (SSSR count). The highest BCUT2D eigenvalue weighted by molar-refractivity contribution is 5.94. The number of hydrogen-bond acceptors (Lipinski definition) is 3. The maximum atomic E-state index is 12.6. The Balaban J connectivity index is 1.40. The monoisotopic (exact) mass is 348 g/mol. The minimum Gasteiger partial charge on any atom is -0.381 e. The average Bonchev–Trinajstić information content (AvgIpc) is 3.16. The molecule has 1 aliphatic rings. The van der Waals surface area contributed by atoms with Gasteiger partial charge in [-0.2, -0.15) is 0 Å². The zero-order valence-corrected chi connectivity index (χ0v) is 15.0. The zero-order chi connectivity index (χ0) is 17.9. The van der Waals surface area contributed by atoms with Crippen LogP contribution < -0.4 is 5.32 Å². The summed E-state index contributed by atoms with van der Waals surface area (Å²) in [6.45, 7) is 4.24. The van der Waals surface area contributed by atoms with E-state index in [1.54, 1.807) is 0 Å². The van der Waals surface area contributed by atoms with Gasteiger partial charge in [0.15, 0.2) is 0 Å². The molecule has 0 aliphatic carbocycles. The largest absolute Gasteiger partial charge is 0.381 e. The summed E-state index contributed by atoms with van der Waals surface area (Å²) in [6, 6.07) is 16.2. The third-order valence-electron chi connectivity index (χ3n) is 5.09. The first-order valence-corrected chi connectivity index (χ1v) is 9.07. The number of likely N-dealkylation sites (N-methyl/N-ethyl adjacent to an activating group) is 1. The molecule has 0 atom stereocenters. The van der Waals surface area contributed by atoms with Crippen molar-refractivity contribution < 1.29 is 4.79 Å². The summed E-state index contributed by atoms with van der Waals surface area (Å²) < 4.78 is 0. The maximum absolute atomic E-state index is 12.6. The molecule has 2 heterocycles. The van der Waals surface area contributed by atoms with Crippen LogP contribution in [0.25, 0.3) is 10.9 Å². The van der Waals surface area contributed by atoms with Gasteiger partial charge < -0.3 is 20.1 Å². The van der Waals surface area contributed by atoms with Gasteiger partial charge >= 0.3 is 0 Å². The van der Waals surface area contributed by atoms with Crippen LogP contribution in [-0.2, 0) is 6.54 Å². The van der Waals surface area contributed by atoms with E-state index in [0.717, 1.165) is 49.5 Å². The van der Waals surface area contributed by atoms with Crippen molar-refractivity contribution in [3.63, 3.8) is 0 Å². The molecule has 1 aliphatic heterocycles. The van der Waals surface area contributed by atoms with Crippen molar-refractivity contribution in [1.29, 1.82) is 0 Å². The van der Waals surface area contributed by atoms with E-state index in [2.05, 4.69) is 46.5 Å². The first-order valence-electron chi connectivity index (χ1n) is 9.07. The van der Waals surface area contributed by atoms with E-state index in [1.165, 1.54) is 10.9 Å². The number of H-pyrrole nitrogens is 1. The van der Waals surface area contributed by atoms with Crippen LogP contribution in [0.3, 0.4) is 0 Å². The summed E-state index contributed by atoms with van der Waals surface area (Å²) in [5.74, 6) is 0.127. The number of aromatic amines is 1. The number of aromatic nitrogens is 1. The summed E-state index contributed by atoms with van der Waals surface area (Å²) in [4.78, 5) is 20.0. The van der Waals surface area contributed by atoms with E-state index in [1.807, 2.05) is 35.4 Å². The summed E-state index contributed by atoms with van der Waals surface area (Å²) in [5.41, 5.74) is 4.18. The van der Waals surface area contributed by atoms with Crippen molar-refractivity contribution in [2.75, 3.05) is 38.5 Å². The second kappa shape index (κ2) is 7.22. The summed E-state index contributed by atoms with van der Waals surface area (Å²) >= 11 is 0. The number of fused-ring (bicyclic) bond motifs is 1. The Morgan fingerprint density at radius 1 is 1.04 bits per heavy atom. The number of nitrogens with one attached hydrogen (secondary N) is 2. The van der Waals surface area contributed by atoms with Crippen molar-refractivity contribution in [2.45, 2.75) is 6.54 Å². The third kappa shape index (κ3) is 3.44. The molecule has 3 aromatic rings. The number of hydrogen-bond donors (Lipinski definition) is 2. The molecule has 26 heavy (non-hydrogen) atoms. The molecule has 2 N–H and O–H groups in total. The normalized spacial score (nSPS) is 15.3. The van der Waals surface area contributed by atoms with Gasteiger partial charge in [-0.15, -0.1) is 0 Å². The van der Waals surface area contributed by atoms with Gasteiger partial charge in [0, 0.05) is 61.1 Å². The average molecular weight is 348 g/mol. The molecule has 0 unspecified atom stereocenters. The van der Waals surface area contributed by atoms with Crippen LogP contribution in [0.1, 0.15) is 15.9 Å². The predicted molar refractivity (Wildman–Crippen MR) is 105 cm³/mol. The number of anilines is 1. The molecule has 5 nitrogen and oxygen atoms in total. The molecular weight excluding hydrogens is 324 g/mol. The van der Waals surface area contributed by atoms with E-state index in [-0.39, 0.29) is 5.91 Å². The molecule has 1 amide bonds. The predicted octanol–water partition coefficient (Wildman–Crippen LogP) is 3.17. The van der Waals surface area contributed by atoms with Gasteiger partial charge in [-0.3, -0.25) is 4.79 Å². The van der Waals surface area contributed by atoms with Gasteiger partial charge in [-0.05, 0) is 49.0 Å². The zero-order valence-electron chi connectivity index (χ0n) is 15.0. The smallest absolute Gasteiger partial charge is 0.253 e. The van der Waals surface area contributed by atoms with E-state index >= 15 is 0 Å². The number of carbonyl (C=O) groups excluding carboxylic acids is 1. The quantitative estimate of drug-likeness (QED) is 0.761. The van der Waals surface area contributed by atoms with Gasteiger partial charge in [0.25, 0.3) is 5.91 Å². The highest BCUT2D eigenvalue weighted by Crippen LogP contribution is 2.19. The molecule has 1 fully saturated rings. The highest BCUT2D eigenvalue weighted by atomic mass is 16.2. The first kappa shape index (κ1) is 16.7. The van der Waals surface area contributed by atoms with Gasteiger partial charge in [0.05, 0.1) is 0 Å². The minimum atomic E-state index is 0.127.